The van der Waals surface area contributed by atoms with E-state index in [2.05, 4.69) is 54.5 Å². The highest BCUT2D eigenvalue weighted by atomic mass is 32.1. The van der Waals surface area contributed by atoms with Crippen molar-refractivity contribution in [3.8, 4) is 0 Å². The van der Waals surface area contributed by atoms with E-state index in [9.17, 15) is 48.3 Å². The molecule has 0 fully saturated rings. The Balaban J connectivity index is 2.34. The number of imidazole rings is 1. The van der Waals surface area contributed by atoms with Crippen LogP contribution in [0.25, 0.3) is 0 Å². The van der Waals surface area contributed by atoms with E-state index in [1.54, 1.807) is 58.0 Å². The fraction of sp³-hybridized carbons (Fsp3) is 0.526. The number of hydrogen-bond donors (Lipinski definition) is 12. The summed E-state index contributed by atoms with van der Waals surface area (Å²) < 4.78 is 0. The molecule has 0 radical (unpaired) electrons. The van der Waals surface area contributed by atoms with Gasteiger partial charge in [-0.1, -0.05) is 58.0 Å². The Labute approximate surface area is 352 Å². The first-order valence-corrected chi connectivity index (χ1v) is 19.8. The smallest absolute Gasteiger partial charge is 0.327 e. The molecule has 0 aliphatic carbocycles. The van der Waals surface area contributed by atoms with Gasteiger partial charge in [0.25, 0.3) is 0 Å². The zero-order valence-corrected chi connectivity index (χ0v) is 34.8. The fourth-order valence-electron chi connectivity index (χ4n) is 5.79. The average Bonchev–Trinajstić information content (AvgIpc) is 3.69. The molecule has 0 saturated heterocycles. The molecule has 2 aromatic rings. The van der Waals surface area contributed by atoms with Crippen LogP contribution in [0.5, 0.6) is 0 Å². The Morgan fingerprint density at radius 3 is 1.78 bits per heavy atom. The van der Waals surface area contributed by atoms with E-state index in [1.807, 2.05) is 0 Å². The second-order valence-corrected chi connectivity index (χ2v) is 15.3. The Bertz CT molecular complexity index is 1800. The van der Waals surface area contributed by atoms with E-state index in [0.717, 1.165) is 5.56 Å². The molecule has 8 amide bonds. The highest BCUT2D eigenvalue weighted by Crippen LogP contribution is 2.10. The van der Waals surface area contributed by atoms with Gasteiger partial charge in [-0.05, 0) is 36.7 Å². The highest BCUT2D eigenvalue weighted by Gasteiger charge is 2.35. The number of carboxylic acid groups (broad SMARTS) is 1. The number of carbonyl (C=O) groups is 9. The molecule has 2 rings (SSSR count). The van der Waals surface area contributed by atoms with Crippen LogP contribution in [0.2, 0.25) is 0 Å². The first-order valence-electron chi connectivity index (χ1n) is 19.2. The molecule has 1 aromatic heterocycles. The first-order chi connectivity index (χ1) is 28.2. The monoisotopic (exact) mass is 859 g/mol. The summed E-state index contributed by atoms with van der Waals surface area (Å²) in [5.74, 6) is -9.42. The number of primary amides is 2. The number of benzene rings is 1. The first kappa shape index (κ1) is 50.1. The predicted molar refractivity (Wildman–Crippen MR) is 220 cm³/mol. The predicted octanol–water partition coefficient (Wildman–Crippen LogP) is -2.71. The number of amides is 8. The lowest BCUT2D eigenvalue weighted by atomic mass is 10.0. The SMILES string of the molecule is CC(C)C[C@H](NC(=O)[C@H](Cc1cnc[nH]1)NC(=O)[C@H](CCC(N)=O)NC(=O)[C@H](CC(N)=O)NC(=O)[C@@H](NC(=O)[C@@H](N)Cc1ccccc1)C(C)C)C(=O)N[C@@H](CS)C(=O)O. The van der Waals surface area contributed by atoms with Gasteiger partial charge in [-0.3, -0.25) is 38.4 Å². The van der Waals surface area contributed by atoms with E-state index < -0.39 is 121 Å². The third-order valence-corrected chi connectivity index (χ3v) is 9.35. The number of nitrogens with zero attached hydrogens (tertiary/aromatic N) is 1. The summed E-state index contributed by atoms with van der Waals surface area (Å²) in [6.45, 7) is 6.79. The number of carbonyl (C=O) groups excluding carboxylic acids is 8. The van der Waals surface area contributed by atoms with Crippen LogP contribution in [0.1, 0.15) is 64.6 Å². The third-order valence-electron chi connectivity index (χ3n) is 8.98. The molecule has 14 N–H and O–H groups in total. The molecule has 1 aromatic carbocycles. The molecule has 0 aliphatic heterocycles. The van der Waals surface area contributed by atoms with Crippen LogP contribution < -0.4 is 49.1 Å². The van der Waals surface area contributed by atoms with Crippen molar-refractivity contribution in [1.82, 2.24) is 41.9 Å². The third kappa shape index (κ3) is 17.4. The van der Waals surface area contributed by atoms with Gasteiger partial charge < -0.3 is 59.2 Å². The molecule has 0 spiro atoms. The van der Waals surface area contributed by atoms with Crippen molar-refractivity contribution in [2.75, 3.05) is 5.75 Å². The summed E-state index contributed by atoms with van der Waals surface area (Å²) in [7, 11) is 0. The average molecular weight is 860 g/mol. The molecule has 0 unspecified atom stereocenters. The quantitative estimate of drug-likeness (QED) is 0.0430. The van der Waals surface area contributed by atoms with Crippen LogP contribution in [-0.4, -0.2) is 116 Å². The van der Waals surface area contributed by atoms with E-state index in [-0.39, 0.29) is 30.9 Å². The number of H-pyrrole nitrogens is 1. The van der Waals surface area contributed by atoms with Crippen LogP contribution in [0.4, 0.5) is 0 Å². The zero-order chi connectivity index (χ0) is 45.1. The minimum atomic E-state index is -1.68. The van der Waals surface area contributed by atoms with Gasteiger partial charge in [0.2, 0.25) is 47.3 Å². The van der Waals surface area contributed by atoms with Gasteiger partial charge in [-0.15, -0.1) is 0 Å². The van der Waals surface area contributed by atoms with Crippen LogP contribution in [0.3, 0.4) is 0 Å². The highest BCUT2D eigenvalue weighted by molar-refractivity contribution is 7.80. The topological polar surface area (TPSA) is 353 Å². The summed E-state index contributed by atoms with van der Waals surface area (Å²) in [4.78, 5) is 123. The number of aromatic amines is 1. The lowest BCUT2D eigenvalue weighted by Crippen LogP contribution is -2.61. The maximum absolute atomic E-state index is 13.9. The molecule has 0 aliphatic rings. The molecule has 60 heavy (non-hydrogen) atoms. The lowest BCUT2D eigenvalue weighted by molar-refractivity contribution is -0.141. The Morgan fingerprint density at radius 2 is 1.25 bits per heavy atom. The Hall–Kier alpha value is -6.03. The van der Waals surface area contributed by atoms with Crippen LogP contribution in [0, 0.1) is 11.8 Å². The van der Waals surface area contributed by atoms with Crippen molar-refractivity contribution in [3.05, 3.63) is 54.1 Å². The minimum absolute atomic E-state index is 0.0767. The molecule has 1 heterocycles. The minimum Gasteiger partial charge on any atom is -0.480 e. The van der Waals surface area contributed by atoms with E-state index >= 15 is 0 Å². The van der Waals surface area contributed by atoms with Gasteiger partial charge in [-0.25, -0.2) is 9.78 Å². The zero-order valence-electron chi connectivity index (χ0n) is 33.9. The maximum atomic E-state index is 13.9. The van der Waals surface area contributed by atoms with Crippen molar-refractivity contribution in [1.29, 1.82) is 0 Å². The summed E-state index contributed by atoms with van der Waals surface area (Å²) in [6.07, 6.45) is 1.16. The van der Waals surface area contributed by atoms with Gasteiger partial charge in [0.1, 0.15) is 36.3 Å². The summed E-state index contributed by atoms with van der Waals surface area (Å²) in [6, 6.07) is -0.639. The molecule has 0 bridgehead atoms. The van der Waals surface area contributed by atoms with Gasteiger partial charge in [-0.2, -0.15) is 12.6 Å². The molecular formula is C38H57N11O10S. The van der Waals surface area contributed by atoms with E-state index in [1.165, 1.54) is 12.5 Å². The van der Waals surface area contributed by atoms with Gasteiger partial charge in [0.05, 0.1) is 18.8 Å². The Morgan fingerprint density at radius 1 is 0.700 bits per heavy atom. The van der Waals surface area contributed by atoms with Crippen molar-refractivity contribution in [3.63, 3.8) is 0 Å². The number of aromatic nitrogens is 2. The molecule has 0 saturated carbocycles. The van der Waals surface area contributed by atoms with Crippen LogP contribution in [-0.2, 0) is 56.0 Å². The molecule has 21 nitrogen and oxygen atoms in total. The number of nitrogens with one attached hydrogen (secondary N) is 7. The second-order valence-electron chi connectivity index (χ2n) is 14.9. The normalized spacial score (nSPS) is 14.6. The summed E-state index contributed by atoms with van der Waals surface area (Å²) >= 11 is 3.96. The second kappa shape index (κ2) is 24.8. The number of thiol groups is 1. The van der Waals surface area contributed by atoms with Gasteiger partial charge in [0, 0.05) is 30.5 Å². The molecule has 330 valence electrons. The standard InChI is InChI=1S/C38H57N11O10S/c1-19(2)12-25(34(54)48-28(17-60)38(58)59)45-35(55)26(14-22-16-42-18-43-22)46-33(53)24(10-11-29(40)50)44-36(56)27(15-30(41)51)47-37(57)31(20(3)4)49-32(52)23(39)13-21-8-6-5-7-9-21/h5-9,16,18-20,23-28,31,60H,10-15,17,39H2,1-4H3,(H2,40,50)(H2,41,51)(H,42,43)(H,44,56)(H,45,55)(H,46,53)(H,47,57)(H,48,54)(H,49,52)(H,58,59)/t23-,24-,25-,26-,27-,28-,31-/m0/s1. The number of nitrogens with two attached hydrogens (primary N) is 3. The van der Waals surface area contributed by atoms with Crippen LogP contribution >= 0.6 is 12.6 Å². The summed E-state index contributed by atoms with van der Waals surface area (Å²) in [5, 5.41) is 24.2. The number of rotatable bonds is 26. The largest absolute Gasteiger partial charge is 0.480 e. The fourth-order valence-corrected chi connectivity index (χ4v) is 6.03. The van der Waals surface area contributed by atoms with E-state index in [0.29, 0.717) is 5.69 Å². The molecule has 7 atom stereocenters. The number of aliphatic carboxylic acids is 1. The van der Waals surface area contributed by atoms with Gasteiger partial charge >= 0.3 is 5.97 Å². The van der Waals surface area contributed by atoms with Crippen LogP contribution in [0.15, 0.2) is 42.9 Å². The maximum Gasteiger partial charge on any atom is 0.327 e. The lowest BCUT2D eigenvalue weighted by Gasteiger charge is -2.28. The van der Waals surface area contributed by atoms with Crippen molar-refractivity contribution in [2.24, 2.45) is 29.0 Å². The molecular weight excluding hydrogens is 803 g/mol. The number of hydrogen-bond acceptors (Lipinski definition) is 12. The van der Waals surface area contributed by atoms with E-state index in [4.69, 9.17) is 17.2 Å². The summed E-state index contributed by atoms with van der Waals surface area (Å²) in [5.41, 5.74) is 18.0. The van der Waals surface area contributed by atoms with Crippen molar-refractivity contribution in [2.45, 2.75) is 109 Å². The Kier molecular flexibility index (Phi) is 20.7. The number of carboxylic acids is 1. The van der Waals surface area contributed by atoms with Crippen molar-refractivity contribution >= 4 is 65.9 Å². The molecule has 22 heteroatoms. The van der Waals surface area contributed by atoms with Crippen molar-refractivity contribution < 1.29 is 48.3 Å². The van der Waals surface area contributed by atoms with Gasteiger partial charge in [0.15, 0.2) is 0 Å².